The van der Waals surface area contributed by atoms with Crippen LogP contribution in [0.5, 0.6) is 5.75 Å². The molecule has 0 saturated heterocycles. The number of hydrogen-bond donors (Lipinski definition) is 1. The van der Waals surface area contributed by atoms with E-state index in [1.807, 2.05) is 55.6 Å². The lowest BCUT2D eigenvalue weighted by Crippen LogP contribution is -2.37. The highest BCUT2D eigenvalue weighted by atomic mass is 16.5. The largest absolute Gasteiger partial charge is 0.479 e. The summed E-state index contributed by atoms with van der Waals surface area (Å²) in [6, 6.07) is 17.1. The summed E-state index contributed by atoms with van der Waals surface area (Å²) in [5.74, 6) is -0.542. The average molecular weight is 450 g/mol. The van der Waals surface area contributed by atoms with E-state index >= 15 is 0 Å². The molecule has 1 atom stereocenters. The minimum absolute atomic E-state index is 0.122. The van der Waals surface area contributed by atoms with Crippen molar-refractivity contribution in [2.45, 2.75) is 39.0 Å². The van der Waals surface area contributed by atoms with Crippen molar-refractivity contribution in [1.29, 1.82) is 0 Å². The van der Waals surface area contributed by atoms with Crippen LogP contribution in [-0.2, 0) is 29.5 Å². The lowest BCUT2D eigenvalue weighted by Gasteiger charge is -2.29. The van der Waals surface area contributed by atoms with Gasteiger partial charge < -0.3 is 14.6 Å². The first-order valence-corrected chi connectivity index (χ1v) is 10.8. The number of carbonyl (C=O) groups is 2. The molecule has 3 aromatic rings. The van der Waals surface area contributed by atoms with E-state index in [-0.39, 0.29) is 25.2 Å². The Hall–Kier alpha value is -3.65. The number of amides is 1. The maximum absolute atomic E-state index is 13.2. The fraction of sp³-hybridized carbons (Fsp3) is 0.320. The van der Waals surface area contributed by atoms with Gasteiger partial charge in [0.15, 0.2) is 18.5 Å². The molecule has 172 valence electrons. The molecular weight excluding hydrogens is 422 g/mol. The predicted octanol–water partition coefficient (Wildman–Crippen LogP) is 3.50. The van der Waals surface area contributed by atoms with Gasteiger partial charge >= 0.3 is 5.97 Å². The van der Waals surface area contributed by atoms with Crippen LogP contribution in [0.25, 0.3) is 11.3 Å². The third-order valence-corrected chi connectivity index (χ3v) is 5.45. The number of carbonyl (C=O) groups excluding carboxylic acids is 1. The monoisotopic (exact) mass is 449 g/mol. The Morgan fingerprint density at radius 2 is 1.91 bits per heavy atom. The Labute approximate surface area is 192 Å². The predicted molar refractivity (Wildman–Crippen MR) is 122 cm³/mol. The van der Waals surface area contributed by atoms with Gasteiger partial charge in [0, 0.05) is 19.0 Å². The standard InChI is InChI=1S/C25H27N3O5/c1-16(2)33-23(25(30)31)12-17-9-10-22-19(11-17)14-28(15-32-22)24(29)20-13-21(27(3)26-20)18-7-5-4-6-8-18/h4-11,13,16,23H,12,14-15H2,1-3H3,(H,30,31). The van der Waals surface area contributed by atoms with Crippen LogP contribution in [0.4, 0.5) is 0 Å². The highest BCUT2D eigenvalue weighted by molar-refractivity contribution is 5.93. The number of hydrogen-bond acceptors (Lipinski definition) is 5. The fourth-order valence-electron chi connectivity index (χ4n) is 3.90. The lowest BCUT2D eigenvalue weighted by atomic mass is 10.0. The first kappa shape index (κ1) is 22.5. The molecule has 1 aliphatic rings. The SMILES string of the molecule is CC(C)OC(Cc1ccc2c(c1)CN(C(=O)c1cc(-c3ccccc3)n(C)n1)CO2)C(=O)O. The van der Waals surface area contributed by atoms with Gasteiger partial charge in [-0.1, -0.05) is 42.5 Å². The van der Waals surface area contributed by atoms with Gasteiger partial charge in [-0.15, -0.1) is 0 Å². The molecule has 8 nitrogen and oxygen atoms in total. The average Bonchev–Trinajstić information content (AvgIpc) is 3.19. The number of benzene rings is 2. The molecule has 0 saturated carbocycles. The van der Waals surface area contributed by atoms with Crippen molar-refractivity contribution in [2.24, 2.45) is 7.05 Å². The minimum Gasteiger partial charge on any atom is -0.479 e. The second-order valence-electron chi connectivity index (χ2n) is 8.34. The van der Waals surface area contributed by atoms with Crippen LogP contribution in [0.3, 0.4) is 0 Å². The number of rotatable bonds is 7. The Bertz CT molecular complexity index is 1160. The van der Waals surface area contributed by atoms with E-state index < -0.39 is 12.1 Å². The Balaban J connectivity index is 1.51. The van der Waals surface area contributed by atoms with Gasteiger partial charge in [-0.25, -0.2) is 4.79 Å². The molecule has 0 radical (unpaired) electrons. The summed E-state index contributed by atoms with van der Waals surface area (Å²) in [6.45, 7) is 4.08. The molecule has 1 amide bonds. The second kappa shape index (κ2) is 9.46. The van der Waals surface area contributed by atoms with Crippen molar-refractivity contribution < 1.29 is 24.2 Å². The second-order valence-corrected chi connectivity index (χ2v) is 8.34. The van der Waals surface area contributed by atoms with Crippen LogP contribution in [0.15, 0.2) is 54.6 Å². The van der Waals surface area contributed by atoms with Gasteiger partial charge in [0.25, 0.3) is 5.91 Å². The van der Waals surface area contributed by atoms with E-state index in [4.69, 9.17) is 9.47 Å². The summed E-state index contributed by atoms with van der Waals surface area (Å²) in [7, 11) is 1.81. The van der Waals surface area contributed by atoms with Crippen LogP contribution >= 0.6 is 0 Å². The Kier molecular flexibility index (Phi) is 6.46. The van der Waals surface area contributed by atoms with Crippen LogP contribution in [-0.4, -0.2) is 50.6 Å². The summed E-state index contributed by atoms with van der Waals surface area (Å²) >= 11 is 0. The molecule has 1 unspecified atom stereocenters. The maximum Gasteiger partial charge on any atom is 0.333 e. The number of fused-ring (bicyclic) bond motifs is 1. The van der Waals surface area contributed by atoms with Crippen LogP contribution < -0.4 is 4.74 Å². The molecule has 1 N–H and O–H groups in total. The molecule has 8 heteroatoms. The third-order valence-electron chi connectivity index (χ3n) is 5.45. The van der Waals surface area contributed by atoms with Crippen molar-refractivity contribution in [3.05, 3.63) is 71.4 Å². The molecule has 4 rings (SSSR count). The zero-order valence-electron chi connectivity index (χ0n) is 18.9. The quantitative estimate of drug-likeness (QED) is 0.593. The Morgan fingerprint density at radius 1 is 1.15 bits per heavy atom. The van der Waals surface area contributed by atoms with Crippen molar-refractivity contribution >= 4 is 11.9 Å². The molecule has 0 bridgehead atoms. The Morgan fingerprint density at radius 3 is 2.61 bits per heavy atom. The van der Waals surface area contributed by atoms with Crippen molar-refractivity contribution in [1.82, 2.24) is 14.7 Å². The van der Waals surface area contributed by atoms with Crippen molar-refractivity contribution in [3.63, 3.8) is 0 Å². The summed E-state index contributed by atoms with van der Waals surface area (Å²) < 4.78 is 13.0. The van der Waals surface area contributed by atoms with Gasteiger partial charge in [-0.3, -0.25) is 14.4 Å². The number of aliphatic carboxylic acids is 1. The van der Waals surface area contributed by atoms with Crippen molar-refractivity contribution in [3.8, 4) is 17.0 Å². The highest BCUT2D eigenvalue weighted by Crippen LogP contribution is 2.28. The molecule has 0 spiro atoms. The van der Waals surface area contributed by atoms with Gasteiger partial charge in [-0.05, 0) is 37.1 Å². The molecule has 2 heterocycles. The van der Waals surface area contributed by atoms with E-state index in [2.05, 4.69) is 5.10 Å². The minimum atomic E-state index is -1.00. The number of aromatic nitrogens is 2. The van der Waals surface area contributed by atoms with Gasteiger partial charge in [-0.2, -0.15) is 5.10 Å². The first-order chi connectivity index (χ1) is 15.8. The molecule has 33 heavy (non-hydrogen) atoms. The smallest absolute Gasteiger partial charge is 0.333 e. The maximum atomic E-state index is 13.2. The molecule has 1 aliphatic heterocycles. The third kappa shape index (κ3) is 5.06. The summed E-state index contributed by atoms with van der Waals surface area (Å²) in [5, 5.41) is 13.9. The van der Waals surface area contributed by atoms with E-state index in [0.717, 1.165) is 22.4 Å². The zero-order chi connectivity index (χ0) is 23.5. The number of aryl methyl sites for hydroxylation is 1. The number of ether oxygens (including phenoxy) is 2. The lowest BCUT2D eigenvalue weighted by molar-refractivity contribution is -0.153. The normalized spacial score (nSPS) is 14.0. The molecule has 0 fully saturated rings. The topological polar surface area (TPSA) is 93.9 Å². The summed E-state index contributed by atoms with van der Waals surface area (Å²) in [4.78, 5) is 26.3. The molecule has 1 aromatic heterocycles. The van der Waals surface area contributed by atoms with Gasteiger partial charge in [0.1, 0.15) is 5.75 Å². The summed E-state index contributed by atoms with van der Waals surface area (Å²) in [5.41, 5.74) is 3.80. The van der Waals surface area contributed by atoms with Crippen LogP contribution in [0, 0.1) is 0 Å². The first-order valence-electron chi connectivity index (χ1n) is 10.8. The van der Waals surface area contributed by atoms with Gasteiger partial charge in [0.2, 0.25) is 0 Å². The highest BCUT2D eigenvalue weighted by Gasteiger charge is 2.27. The van der Waals surface area contributed by atoms with E-state index in [1.165, 1.54) is 0 Å². The number of nitrogens with zero attached hydrogens (tertiary/aromatic N) is 3. The van der Waals surface area contributed by atoms with E-state index in [1.54, 1.807) is 29.5 Å². The van der Waals surface area contributed by atoms with E-state index in [0.29, 0.717) is 18.0 Å². The molecular formula is C25H27N3O5. The van der Waals surface area contributed by atoms with Crippen LogP contribution in [0.2, 0.25) is 0 Å². The fourth-order valence-corrected chi connectivity index (χ4v) is 3.90. The van der Waals surface area contributed by atoms with Crippen molar-refractivity contribution in [2.75, 3.05) is 6.73 Å². The summed E-state index contributed by atoms with van der Waals surface area (Å²) in [6.07, 6.45) is -0.898. The zero-order valence-corrected chi connectivity index (χ0v) is 18.9. The number of carboxylic acid groups (broad SMARTS) is 1. The van der Waals surface area contributed by atoms with E-state index in [9.17, 15) is 14.7 Å². The number of carboxylic acids is 1. The molecule has 2 aromatic carbocycles. The van der Waals surface area contributed by atoms with Gasteiger partial charge in [0.05, 0.1) is 18.3 Å². The molecule has 0 aliphatic carbocycles. The van der Waals surface area contributed by atoms with Crippen LogP contribution in [0.1, 0.15) is 35.5 Å².